The van der Waals surface area contributed by atoms with E-state index in [0.717, 1.165) is 24.7 Å². The van der Waals surface area contributed by atoms with Crippen LogP contribution in [0.4, 0.5) is 0 Å². The second-order valence-electron chi connectivity index (χ2n) is 4.68. The molecular formula is C14H32N4S2. The molecule has 0 saturated heterocycles. The van der Waals surface area contributed by atoms with Crippen molar-refractivity contribution in [1.29, 1.82) is 0 Å². The molecule has 0 heterocycles. The molecule has 0 aromatic heterocycles. The van der Waals surface area contributed by atoms with Crippen molar-refractivity contribution in [2.75, 3.05) is 19.6 Å². The third-order valence-electron chi connectivity index (χ3n) is 2.66. The SMILES string of the molecule is CCCCNC(=S)N(CCCC)CCCC.NC(N)=S. The van der Waals surface area contributed by atoms with Gasteiger partial charge in [0.05, 0.1) is 0 Å². The summed E-state index contributed by atoms with van der Waals surface area (Å²) in [5.74, 6) is 0. The second-order valence-corrected chi connectivity index (χ2v) is 5.54. The van der Waals surface area contributed by atoms with Gasteiger partial charge in [-0.05, 0) is 43.7 Å². The number of nitrogens with two attached hydrogens (primary N) is 2. The molecule has 0 aromatic carbocycles. The predicted octanol–water partition coefficient (Wildman–Crippen LogP) is 2.75. The van der Waals surface area contributed by atoms with Crippen LogP contribution in [0.2, 0.25) is 0 Å². The number of nitrogens with zero attached hydrogens (tertiary/aromatic N) is 1. The summed E-state index contributed by atoms with van der Waals surface area (Å²) in [6.07, 6.45) is 7.37. The minimum Gasteiger partial charge on any atom is -0.377 e. The Bertz CT molecular complexity index is 235. The van der Waals surface area contributed by atoms with Crippen molar-refractivity contribution < 1.29 is 0 Å². The van der Waals surface area contributed by atoms with Gasteiger partial charge < -0.3 is 21.7 Å². The first kappa shape index (κ1) is 21.7. The standard InChI is InChI=1S/C13H28N2S.CH4N2S/c1-4-7-10-14-13(16)15(11-8-5-2)12-9-6-3;2-1(3)4/h4-12H2,1-3H3,(H,14,16);(H4,2,3,4). The van der Waals surface area contributed by atoms with Crippen molar-refractivity contribution in [3.05, 3.63) is 0 Å². The van der Waals surface area contributed by atoms with Crippen LogP contribution in [0.3, 0.4) is 0 Å². The zero-order valence-electron chi connectivity index (χ0n) is 13.3. The van der Waals surface area contributed by atoms with Crippen molar-refractivity contribution in [2.45, 2.75) is 59.3 Å². The van der Waals surface area contributed by atoms with E-state index in [0.29, 0.717) is 0 Å². The second kappa shape index (κ2) is 16.4. The lowest BCUT2D eigenvalue weighted by Gasteiger charge is -2.25. The van der Waals surface area contributed by atoms with Gasteiger partial charge in [-0.2, -0.15) is 0 Å². The maximum absolute atomic E-state index is 5.43. The highest BCUT2D eigenvalue weighted by molar-refractivity contribution is 7.80. The lowest BCUT2D eigenvalue weighted by atomic mass is 10.3. The summed E-state index contributed by atoms with van der Waals surface area (Å²) in [6.45, 7) is 9.89. The third kappa shape index (κ3) is 17.4. The molecule has 0 unspecified atom stereocenters. The average molecular weight is 321 g/mol. The monoisotopic (exact) mass is 320 g/mol. The molecule has 6 heteroatoms. The topological polar surface area (TPSA) is 67.3 Å². The molecule has 0 aromatic rings. The van der Waals surface area contributed by atoms with E-state index in [9.17, 15) is 0 Å². The zero-order valence-corrected chi connectivity index (χ0v) is 14.9. The maximum Gasteiger partial charge on any atom is 0.168 e. The van der Waals surface area contributed by atoms with Crippen LogP contribution in [-0.4, -0.2) is 34.8 Å². The van der Waals surface area contributed by atoms with E-state index in [2.05, 4.69) is 54.7 Å². The summed E-state index contributed by atoms with van der Waals surface area (Å²) in [6, 6.07) is 0. The van der Waals surface area contributed by atoms with Gasteiger partial charge >= 0.3 is 0 Å². The Hall–Kier alpha value is -0.620. The average Bonchev–Trinajstić information content (AvgIpc) is 2.38. The van der Waals surface area contributed by atoms with Crippen LogP contribution >= 0.6 is 24.4 Å². The molecule has 0 aliphatic rings. The van der Waals surface area contributed by atoms with E-state index >= 15 is 0 Å². The fraction of sp³-hybridized carbons (Fsp3) is 0.857. The number of rotatable bonds is 9. The van der Waals surface area contributed by atoms with Crippen LogP contribution < -0.4 is 16.8 Å². The van der Waals surface area contributed by atoms with Crippen LogP contribution in [-0.2, 0) is 0 Å². The van der Waals surface area contributed by atoms with Gasteiger partial charge in [0.15, 0.2) is 10.2 Å². The minimum absolute atomic E-state index is 0.000000000000000222. The number of hydrogen-bond donors (Lipinski definition) is 3. The molecule has 120 valence electrons. The highest BCUT2D eigenvalue weighted by atomic mass is 32.1. The predicted molar refractivity (Wildman–Crippen MR) is 97.9 cm³/mol. The minimum atomic E-state index is 0.000000000000000222. The fourth-order valence-electron chi connectivity index (χ4n) is 1.50. The molecule has 0 saturated carbocycles. The summed E-state index contributed by atoms with van der Waals surface area (Å²) in [5.41, 5.74) is 9.24. The molecule has 20 heavy (non-hydrogen) atoms. The lowest BCUT2D eigenvalue weighted by Crippen LogP contribution is -2.41. The smallest absolute Gasteiger partial charge is 0.168 e. The van der Waals surface area contributed by atoms with Gasteiger partial charge in [0, 0.05) is 19.6 Å². The first-order valence-electron chi connectivity index (χ1n) is 7.57. The summed E-state index contributed by atoms with van der Waals surface area (Å²) in [4.78, 5) is 2.33. The molecule has 4 nitrogen and oxygen atoms in total. The van der Waals surface area contributed by atoms with Gasteiger partial charge in [-0.1, -0.05) is 40.0 Å². The molecule has 0 spiro atoms. The van der Waals surface area contributed by atoms with Gasteiger partial charge in [-0.25, -0.2) is 0 Å². The van der Waals surface area contributed by atoms with E-state index in [4.69, 9.17) is 12.2 Å². The van der Waals surface area contributed by atoms with E-state index in [1.807, 2.05) is 0 Å². The molecular weight excluding hydrogens is 288 g/mol. The fourth-order valence-corrected chi connectivity index (χ4v) is 1.78. The molecule has 0 amide bonds. The van der Waals surface area contributed by atoms with Crippen LogP contribution in [0, 0.1) is 0 Å². The Morgan fingerprint density at radius 1 is 0.900 bits per heavy atom. The Balaban J connectivity index is 0. The molecule has 0 radical (unpaired) electrons. The van der Waals surface area contributed by atoms with Crippen LogP contribution in [0.15, 0.2) is 0 Å². The summed E-state index contributed by atoms with van der Waals surface area (Å²) in [7, 11) is 0. The molecule has 0 aliphatic carbocycles. The third-order valence-corrected chi connectivity index (χ3v) is 3.06. The van der Waals surface area contributed by atoms with E-state index in [1.54, 1.807) is 0 Å². The van der Waals surface area contributed by atoms with Crippen LogP contribution in [0.1, 0.15) is 59.3 Å². The lowest BCUT2D eigenvalue weighted by molar-refractivity contribution is 0.392. The van der Waals surface area contributed by atoms with Gasteiger partial charge in [0.25, 0.3) is 0 Å². The summed E-state index contributed by atoms with van der Waals surface area (Å²) < 4.78 is 0. The Morgan fingerprint density at radius 3 is 1.65 bits per heavy atom. The summed E-state index contributed by atoms with van der Waals surface area (Å²) >= 11 is 9.52. The highest BCUT2D eigenvalue weighted by Gasteiger charge is 2.07. The van der Waals surface area contributed by atoms with Gasteiger partial charge in [0.2, 0.25) is 0 Å². The normalized spacial score (nSPS) is 9.35. The zero-order chi connectivity index (χ0) is 15.8. The van der Waals surface area contributed by atoms with E-state index in [1.165, 1.54) is 38.5 Å². The number of unbranched alkanes of at least 4 members (excludes halogenated alkanes) is 3. The first-order chi connectivity index (χ1) is 9.49. The number of hydrogen-bond acceptors (Lipinski definition) is 2. The van der Waals surface area contributed by atoms with E-state index < -0.39 is 0 Å². The Kier molecular flexibility index (Phi) is 17.8. The van der Waals surface area contributed by atoms with Gasteiger partial charge in [0.1, 0.15) is 0 Å². The maximum atomic E-state index is 5.43. The van der Waals surface area contributed by atoms with Crippen molar-refractivity contribution in [3.8, 4) is 0 Å². The van der Waals surface area contributed by atoms with Gasteiger partial charge in [-0.15, -0.1) is 0 Å². The van der Waals surface area contributed by atoms with Crippen LogP contribution in [0.5, 0.6) is 0 Å². The first-order valence-corrected chi connectivity index (χ1v) is 8.38. The molecule has 5 N–H and O–H groups in total. The molecule has 0 bridgehead atoms. The Labute approximate surface area is 135 Å². The van der Waals surface area contributed by atoms with Crippen LogP contribution in [0.25, 0.3) is 0 Å². The Morgan fingerprint density at radius 2 is 1.30 bits per heavy atom. The van der Waals surface area contributed by atoms with Crippen molar-refractivity contribution in [1.82, 2.24) is 10.2 Å². The van der Waals surface area contributed by atoms with Crippen molar-refractivity contribution >= 4 is 34.7 Å². The number of nitrogens with one attached hydrogen (secondary N) is 1. The molecule has 0 atom stereocenters. The molecule has 0 fully saturated rings. The quantitative estimate of drug-likeness (QED) is 0.448. The molecule has 0 aliphatic heterocycles. The highest BCUT2D eigenvalue weighted by Crippen LogP contribution is 2.00. The number of thiocarbonyl (C=S) groups is 2. The largest absolute Gasteiger partial charge is 0.377 e. The van der Waals surface area contributed by atoms with Crippen molar-refractivity contribution in [3.63, 3.8) is 0 Å². The van der Waals surface area contributed by atoms with Gasteiger partial charge in [-0.3, -0.25) is 0 Å². The molecule has 0 rings (SSSR count). The van der Waals surface area contributed by atoms with E-state index in [-0.39, 0.29) is 5.11 Å². The summed E-state index contributed by atoms with van der Waals surface area (Å²) in [5, 5.41) is 4.31. The van der Waals surface area contributed by atoms with Crippen molar-refractivity contribution in [2.24, 2.45) is 11.5 Å².